The Morgan fingerprint density at radius 1 is 0.367 bits per heavy atom. The summed E-state index contributed by atoms with van der Waals surface area (Å²) in [5, 5.41) is 0. The molecule has 0 amide bonds. The molecule has 0 unspecified atom stereocenters. The number of unbranched alkanes of at least 4 members (excludes halogenated alkanes) is 25. The Hall–Kier alpha value is -1.99. The predicted octanol–water partition coefficient (Wildman–Crippen LogP) is 19.8. The summed E-state index contributed by atoms with van der Waals surface area (Å²) in [6, 6.07) is 18.1. The van der Waals surface area contributed by atoms with Crippen molar-refractivity contribution in [2.45, 2.75) is 253 Å². The van der Waals surface area contributed by atoms with Crippen LogP contribution in [-0.4, -0.2) is 4.70 Å². The minimum absolute atomic E-state index is 0. The van der Waals surface area contributed by atoms with E-state index in [4.69, 9.17) is 0 Å². The van der Waals surface area contributed by atoms with Crippen LogP contribution in [-0.2, 0) is 29.3 Å². The molecular weight excluding hydrogens is 771 g/mol. The predicted molar refractivity (Wildman–Crippen MR) is 266 cm³/mol. The summed E-state index contributed by atoms with van der Waals surface area (Å²) in [5.74, 6) is 0. The van der Waals surface area contributed by atoms with Crippen molar-refractivity contribution >= 4 is 11.4 Å². The van der Waals surface area contributed by atoms with Crippen molar-refractivity contribution in [1.82, 2.24) is 0 Å². The van der Waals surface area contributed by atoms with Crippen molar-refractivity contribution in [3.8, 4) is 0 Å². The summed E-state index contributed by atoms with van der Waals surface area (Å²) < 4.78 is 1.60. The molecule has 2 nitrogen and oxygen atoms in total. The molecule has 1 heterocycles. The van der Waals surface area contributed by atoms with Gasteiger partial charge in [-0.15, -0.1) is 0 Å². The molecule has 344 valence electrons. The fraction of sp³-hybridized carbons (Fsp3) is 0.684. The van der Waals surface area contributed by atoms with Gasteiger partial charge in [-0.05, 0) is 86.8 Å². The Bertz CT molecular complexity index is 1370. The Labute approximate surface area is 385 Å². The number of hydrogen-bond donors (Lipinski definition) is 0. The molecule has 0 saturated heterocycles. The maximum atomic E-state index is 12.2. The van der Waals surface area contributed by atoms with Crippen molar-refractivity contribution in [1.29, 1.82) is 0 Å². The quantitative estimate of drug-likeness (QED) is 0.0285. The average molecular weight is 868 g/mol. The molecule has 0 bridgehead atoms. The standard InChI is InChI=1S/C53H86N2.2C2H5.Ni/c1-5-9-13-14-15-16-17-18-19-20-21-22-23-24-25-26-27-28-29-30-31-33-43-51-50(42-12-8-4)52(48-40-34-38-46(44-48)36-11-7-3)55(54)53(51)49-41-35-39-47(45-49)37-32-10-6-2;2*1-2;/h34-35,38-41,44-45H,5-33,36-37,42-43H2,1-4H3;2*1H2,2H3;/q;2*-1;+2. The van der Waals surface area contributed by atoms with Crippen molar-refractivity contribution < 1.29 is 21.2 Å². The molecule has 0 aromatic heterocycles. The van der Waals surface area contributed by atoms with Gasteiger partial charge in [0.1, 0.15) is 0 Å². The van der Waals surface area contributed by atoms with Crippen LogP contribution in [0.4, 0.5) is 0 Å². The summed E-state index contributed by atoms with van der Waals surface area (Å²) >= 11 is 0. The smallest absolute Gasteiger partial charge is 0.493 e. The first-order valence-corrected chi connectivity index (χ1v) is 25.7. The van der Waals surface area contributed by atoms with E-state index in [0.717, 1.165) is 49.9 Å². The summed E-state index contributed by atoms with van der Waals surface area (Å²) in [5.41, 5.74) is 22.1. The summed E-state index contributed by atoms with van der Waals surface area (Å²) in [4.78, 5) is 0. The molecule has 0 fully saturated rings. The molecule has 2 aromatic carbocycles. The van der Waals surface area contributed by atoms with Crippen LogP contribution >= 0.6 is 0 Å². The van der Waals surface area contributed by atoms with E-state index in [2.05, 4.69) is 90.1 Å². The summed E-state index contributed by atoms with van der Waals surface area (Å²) in [7, 11) is 0. The molecule has 60 heavy (non-hydrogen) atoms. The first-order chi connectivity index (χ1) is 29.1. The van der Waals surface area contributed by atoms with E-state index in [1.807, 2.05) is 0 Å². The van der Waals surface area contributed by atoms with Gasteiger partial charge in [0.25, 0.3) is 0 Å². The van der Waals surface area contributed by atoms with Crippen LogP contribution in [0.3, 0.4) is 0 Å². The third-order valence-corrected chi connectivity index (χ3v) is 12.2. The van der Waals surface area contributed by atoms with Crippen LogP contribution in [0.5, 0.6) is 0 Å². The minimum Gasteiger partial charge on any atom is -0.493 e. The van der Waals surface area contributed by atoms with Gasteiger partial charge in [0, 0.05) is 22.3 Å². The number of nitrogens with zero attached hydrogens (tertiary/aromatic N) is 2. The van der Waals surface area contributed by atoms with Crippen LogP contribution in [0, 0.1) is 13.8 Å². The molecule has 1 aliphatic rings. The third-order valence-electron chi connectivity index (χ3n) is 12.2. The first-order valence-electron chi connectivity index (χ1n) is 25.7. The van der Waals surface area contributed by atoms with E-state index < -0.39 is 0 Å². The van der Waals surface area contributed by atoms with Crippen molar-refractivity contribution in [2.24, 2.45) is 0 Å². The number of aryl methyl sites for hydroxylation is 2. The Balaban J connectivity index is 0.00000675. The maximum absolute atomic E-state index is 12.2. The van der Waals surface area contributed by atoms with Crippen molar-refractivity contribution in [3.63, 3.8) is 0 Å². The molecular formula is C57H96N2Ni. The van der Waals surface area contributed by atoms with Crippen LogP contribution in [0.2, 0.25) is 0 Å². The van der Waals surface area contributed by atoms with Crippen LogP contribution in [0.1, 0.15) is 263 Å². The van der Waals surface area contributed by atoms with Gasteiger partial charge >= 0.3 is 16.5 Å². The third kappa shape index (κ3) is 24.6. The van der Waals surface area contributed by atoms with E-state index in [9.17, 15) is 5.53 Å². The molecule has 0 saturated carbocycles. The van der Waals surface area contributed by atoms with Gasteiger partial charge in [-0.2, -0.15) is 13.8 Å². The second kappa shape index (κ2) is 41.0. The van der Waals surface area contributed by atoms with Gasteiger partial charge in [0.15, 0.2) is 0 Å². The van der Waals surface area contributed by atoms with Gasteiger partial charge < -0.3 is 19.4 Å². The van der Waals surface area contributed by atoms with E-state index >= 15 is 0 Å². The molecule has 0 radical (unpaired) electrons. The van der Waals surface area contributed by atoms with Crippen LogP contribution in [0.25, 0.3) is 16.9 Å². The van der Waals surface area contributed by atoms with Crippen molar-refractivity contribution in [2.75, 3.05) is 0 Å². The fourth-order valence-corrected chi connectivity index (χ4v) is 8.76. The monoisotopic (exact) mass is 867 g/mol. The topological polar surface area (TPSA) is 25.3 Å². The van der Waals surface area contributed by atoms with E-state index in [1.165, 1.54) is 207 Å². The Morgan fingerprint density at radius 3 is 1.00 bits per heavy atom. The number of hydrogen-bond acceptors (Lipinski definition) is 0. The number of benzene rings is 2. The maximum Gasteiger partial charge on any atom is 2.00 e. The zero-order chi connectivity index (χ0) is 43.2. The van der Waals surface area contributed by atoms with E-state index in [1.54, 1.807) is 18.5 Å². The van der Waals surface area contributed by atoms with Gasteiger partial charge in [-0.1, -0.05) is 212 Å². The largest absolute Gasteiger partial charge is 2.00 e. The van der Waals surface area contributed by atoms with Crippen molar-refractivity contribution in [3.05, 3.63) is 101 Å². The van der Waals surface area contributed by atoms with Crippen LogP contribution in [0.15, 0.2) is 59.7 Å². The minimum atomic E-state index is 0. The summed E-state index contributed by atoms with van der Waals surface area (Å²) in [6.07, 6.45) is 43.8. The zero-order valence-electron chi connectivity index (χ0n) is 40.6. The van der Waals surface area contributed by atoms with Gasteiger partial charge in [-0.3, -0.25) is 0 Å². The summed E-state index contributed by atoms with van der Waals surface area (Å²) in [6.45, 7) is 19.1. The molecule has 3 heteroatoms. The molecule has 1 aliphatic heterocycles. The molecule has 2 aromatic rings. The SMILES string of the molecule is CCCCCCCCCCCCCCCCCCCCCCCCC1=C(c2cccc(CCCCC)c2)[N+](=[N-])C(c2cccc(CCCC)c2)=C1CCCC.[CH2-]C.[CH2-]C.[Ni+2]. The molecule has 0 N–H and O–H groups in total. The van der Waals surface area contributed by atoms with Gasteiger partial charge in [0.2, 0.25) is 11.4 Å². The molecule has 3 rings (SSSR count). The normalized spacial score (nSPS) is 12.3. The average Bonchev–Trinajstić information content (AvgIpc) is 3.55. The second-order valence-electron chi connectivity index (χ2n) is 17.2. The van der Waals surface area contributed by atoms with Gasteiger partial charge in [-0.25, -0.2) is 4.70 Å². The Kier molecular flexibility index (Phi) is 39.7. The van der Waals surface area contributed by atoms with E-state index in [0.29, 0.717) is 0 Å². The number of rotatable bonds is 35. The second-order valence-corrected chi connectivity index (χ2v) is 17.2. The van der Waals surface area contributed by atoms with E-state index in [-0.39, 0.29) is 16.5 Å². The van der Waals surface area contributed by atoms with Crippen LogP contribution < -0.4 is 0 Å². The molecule has 0 atom stereocenters. The fourth-order valence-electron chi connectivity index (χ4n) is 8.76. The Morgan fingerprint density at radius 2 is 0.633 bits per heavy atom. The molecule has 0 aliphatic carbocycles. The molecule has 0 spiro atoms. The number of allylic oxidation sites excluding steroid dienone is 2. The first kappa shape index (κ1) is 58.0. The van der Waals surface area contributed by atoms with Gasteiger partial charge in [0.05, 0.1) is 0 Å². The zero-order valence-corrected chi connectivity index (χ0v) is 41.6.